The summed E-state index contributed by atoms with van der Waals surface area (Å²) in [5.74, 6) is 0. The molecule has 0 atom stereocenters. The molecule has 2 aromatic rings. The normalized spacial score (nSPS) is 13.9. The van der Waals surface area contributed by atoms with E-state index in [1.807, 2.05) is 0 Å². The number of fused-ring (bicyclic) bond motifs is 1. The summed E-state index contributed by atoms with van der Waals surface area (Å²) in [6.07, 6.45) is 4.31. The van der Waals surface area contributed by atoms with Gasteiger partial charge in [0.15, 0.2) is 0 Å². The third-order valence-electron chi connectivity index (χ3n) is 2.57. The number of hydrogen-bond acceptors (Lipinski definition) is 0. The highest BCUT2D eigenvalue weighted by atomic mass is 14.0. The first kappa shape index (κ1) is 9.01. The van der Waals surface area contributed by atoms with Gasteiger partial charge < -0.3 is 0 Å². The Hall–Kier alpha value is -1.56. The average Bonchev–Trinajstić information content (AvgIpc) is 2.27. The van der Waals surface area contributed by atoms with Gasteiger partial charge in [0.05, 0.1) is 0 Å². The van der Waals surface area contributed by atoms with Crippen molar-refractivity contribution in [2.75, 3.05) is 0 Å². The molecule has 0 radical (unpaired) electrons. The van der Waals surface area contributed by atoms with Crippen LogP contribution in [0.1, 0.15) is 13.8 Å². The zero-order valence-electron chi connectivity index (χ0n) is 8.62. The molecule has 0 heteroatoms. The van der Waals surface area contributed by atoms with E-state index in [1.165, 1.54) is 21.2 Å². The van der Waals surface area contributed by atoms with Crippen LogP contribution >= 0.6 is 0 Å². The number of hydrogen-bond donors (Lipinski definition) is 0. The van der Waals surface area contributed by atoms with Crippen LogP contribution in [0.2, 0.25) is 0 Å². The number of benzene rings is 2. The van der Waals surface area contributed by atoms with Crippen LogP contribution in [-0.4, -0.2) is 0 Å². The van der Waals surface area contributed by atoms with Crippen molar-refractivity contribution in [2.45, 2.75) is 13.8 Å². The van der Waals surface area contributed by atoms with Gasteiger partial charge in [0, 0.05) is 0 Å². The third-order valence-corrected chi connectivity index (χ3v) is 2.57. The van der Waals surface area contributed by atoms with Gasteiger partial charge in [0.25, 0.3) is 0 Å². The molecule has 0 aromatic heterocycles. The lowest BCUT2D eigenvalue weighted by Gasteiger charge is -1.97. The van der Waals surface area contributed by atoms with Gasteiger partial charge in [-0.15, -0.1) is 0 Å². The first-order valence-corrected chi connectivity index (χ1v) is 4.96. The molecule has 2 aromatic carbocycles. The van der Waals surface area contributed by atoms with Crippen molar-refractivity contribution >= 4 is 22.9 Å². The third kappa shape index (κ3) is 1.44. The van der Waals surface area contributed by atoms with E-state index in [0.29, 0.717) is 0 Å². The zero-order chi connectivity index (χ0) is 9.97. The van der Waals surface area contributed by atoms with Crippen molar-refractivity contribution in [3.05, 3.63) is 46.8 Å². The molecule has 0 aliphatic carbocycles. The average molecular weight is 182 g/mol. The van der Waals surface area contributed by atoms with Crippen LogP contribution in [0.15, 0.2) is 36.4 Å². The van der Waals surface area contributed by atoms with E-state index in [0.717, 1.165) is 0 Å². The molecule has 0 aliphatic heterocycles. The van der Waals surface area contributed by atoms with Crippen molar-refractivity contribution < 1.29 is 0 Å². The first-order valence-electron chi connectivity index (χ1n) is 4.96. The highest BCUT2D eigenvalue weighted by Crippen LogP contribution is 2.07. The van der Waals surface area contributed by atoms with Gasteiger partial charge in [-0.05, 0) is 47.2 Å². The summed E-state index contributed by atoms with van der Waals surface area (Å²) < 4.78 is 0. The Labute approximate surface area is 84.2 Å². The number of rotatable bonds is 0. The van der Waals surface area contributed by atoms with Gasteiger partial charge in [-0.2, -0.15) is 0 Å². The summed E-state index contributed by atoms with van der Waals surface area (Å²) in [6.45, 7) is 4.16. The second-order valence-corrected chi connectivity index (χ2v) is 3.41. The van der Waals surface area contributed by atoms with E-state index in [2.05, 4.69) is 62.4 Å². The molecule has 0 bridgehead atoms. The maximum Gasteiger partial charge on any atom is -0.0178 e. The molecule has 0 unspecified atom stereocenters. The highest BCUT2D eigenvalue weighted by Gasteiger charge is 1.91. The summed E-state index contributed by atoms with van der Waals surface area (Å²) in [6, 6.07) is 13.0. The lowest BCUT2D eigenvalue weighted by atomic mass is 10.1. The molecule has 0 spiro atoms. The smallest absolute Gasteiger partial charge is 0.0178 e. The maximum absolute atomic E-state index is 2.24. The largest absolute Gasteiger partial charge is 0.0798 e. The van der Waals surface area contributed by atoms with Crippen LogP contribution in [0.3, 0.4) is 0 Å². The van der Waals surface area contributed by atoms with E-state index in [4.69, 9.17) is 0 Å². The minimum Gasteiger partial charge on any atom is -0.0798 e. The standard InChI is InChI=1S/C14H14/c1-3-11-9-13-7-5-6-8-14(13)10-12(11)4-2/h3-10H,1-2H3/b11-3-,12-4-. The fourth-order valence-electron chi connectivity index (χ4n) is 1.78. The Morgan fingerprint density at radius 2 is 1.21 bits per heavy atom. The van der Waals surface area contributed by atoms with Crippen LogP contribution in [0.5, 0.6) is 0 Å². The minimum atomic E-state index is 1.31. The van der Waals surface area contributed by atoms with Crippen molar-refractivity contribution in [3.63, 3.8) is 0 Å². The quantitative estimate of drug-likeness (QED) is 0.587. The van der Waals surface area contributed by atoms with Crippen LogP contribution in [-0.2, 0) is 0 Å². The molecule has 0 N–H and O–H groups in total. The molecule has 14 heavy (non-hydrogen) atoms. The molecule has 0 saturated carbocycles. The van der Waals surface area contributed by atoms with Crippen LogP contribution in [0, 0.1) is 0 Å². The Kier molecular flexibility index (Phi) is 2.36. The SMILES string of the molecule is C/C=c1/cc2ccccc2c/c1=C/C. The van der Waals surface area contributed by atoms with Crippen molar-refractivity contribution in [2.24, 2.45) is 0 Å². The second-order valence-electron chi connectivity index (χ2n) is 3.41. The zero-order valence-corrected chi connectivity index (χ0v) is 8.62. The van der Waals surface area contributed by atoms with E-state index >= 15 is 0 Å². The fourth-order valence-corrected chi connectivity index (χ4v) is 1.78. The van der Waals surface area contributed by atoms with Gasteiger partial charge in [-0.1, -0.05) is 36.4 Å². The Morgan fingerprint density at radius 3 is 1.57 bits per heavy atom. The molecule has 0 fully saturated rings. The van der Waals surface area contributed by atoms with Crippen molar-refractivity contribution in [1.82, 2.24) is 0 Å². The minimum absolute atomic E-state index is 1.31. The lowest BCUT2D eigenvalue weighted by molar-refractivity contribution is 1.54. The van der Waals surface area contributed by atoms with E-state index in [9.17, 15) is 0 Å². The molecular weight excluding hydrogens is 168 g/mol. The van der Waals surface area contributed by atoms with Crippen molar-refractivity contribution in [1.29, 1.82) is 0 Å². The monoisotopic (exact) mass is 182 g/mol. The van der Waals surface area contributed by atoms with E-state index < -0.39 is 0 Å². The van der Waals surface area contributed by atoms with Crippen LogP contribution < -0.4 is 10.4 Å². The second kappa shape index (κ2) is 3.67. The predicted molar refractivity (Wildman–Crippen MR) is 63.5 cm³/mol. The predicted octanol–water partition coefficient (Wildman–Crippen LogP) is 2.44. The topological polar surface area (TPSA) is 0 Å². The van der Waals surface area contributed by atoms with Gasteiger partial charge in [-0.3, -0.25) is 0 Å². The van der Waals surface area contributed by atoms with E-state index in [-0.39, 0.29) is 0 Å². The highest BCUT2D eigenvalue weighted by molar-refractivity contribution is 5.82. The van der Waals surface area contributed by atoms with Crippen molar-refractivity contribution in [3.8, 4) is 0 Å². The first-order chi connectivity index (χ1) is 6.85. The Morgan fingerprint density at radius 1 is 0.786 bits per heavy atom. The van der Waals surface area contributed by atoms with Gasteiger partial charge >= 0.3 is 0 Å². The molecule has 0 aliphatic rings. The molecule has 70 valence electrons. The molecular formula is C14H14. The summed E-state index contributed by atoms with van der Waals surface area (Å²) in [5.41, 5.74) is 0. The maximum atomic E-state index is 2.24. The Bertz CT molecular complexity index is 510. The molecule has 0 heterocycles. The summed E-state index contributed by atoms with van der Waals surface area (Å²) in [4.78, 5) is 0. The van der Waals surface area contributed by atoms with Gasteiger partial charge in [0.2, 0.25) is 0 Å². The van der Waals surface area contributed by atoms with E-state index in [1.54, 1.807) is 0 Å². The van der Waals surface area contributed by atoms with Crippen LogP contribution in [0.4, 0.5) is 0 Å². The molecule has 0 amide bonds. The molecule has 2 rings (SSSR count). The lowest BCUT2D eigenvalue weighted by Crippen LogP contribution is -2.23. The summed E-state index contributed by atoms with van der Waals surface area (Å²) >= 11 is 0. The van der Waals surface area contributed by atoms with Crippen LogP contribution in [0.25, 0.3) is 22.9 Å². The fraction of sp³-hybridized carbons (Fsp3) is 0.143. The molecule has 0 nitrogen and oxygen atoms in total. The molecule has 0 saturated heterocycles. The summed E-state index contributed by atoms with van der Waals surface area (Å²) in [7, 11) is 0. The summed E-state index contributed by atoms with van der Waals surface area (Å²) in [5, 5.41) is 5.25. The van der Waals surface area contributed by atoms with Gasteiger partial charge in [0.1, 0.15) is 0 Å². The van der Waals surface area contributed by atoms with Gasteiger partial charge in [-0.25, -0.2) is 0 Å². The Balaban J connectivity index is 2.98.